The molecule has 0 spiro atoms. The zero-order valence-electron chi connectivity index (χ0n) is 29.9. The highest BCUT2D eigenvalue weighted by Gasteiger charge is 2.38. The van der Waals surface area contributed by atoms with E-state index in [4.69, 9.17) is 15.2 Å². The number of H-pyrrole nitrogens is 2. The first-order valence-electron chi connectivity index (χ1n) is 17.9. The van der Waals surface area contributed by atoms with E-state index in [2.05, 4.69) is 65.2 Å². The van der Waals surface area contributed by atoms with E-state index in [1.54, 1.807) is 6.20 Å². The first-order valence-corrected chi connectivity index (χ1v) is 17.9. The van der Waals surface area contributed by atoms with Crippen molar-refractivity contribution < 1.29 is 29.4 Å². The van der Waals surface area contributed by atoms with Crippen LogP contribution in [0.4, 0.5) is 9.59 Å². The Morgan fingerprint density at radius 1 is 0.712 bits per heavy atom. The lowest BCUT2D eigenvalue weighted by atomic mass is 9.92. The summed E-state index contributed by atoms with van der Waals surface area (Å²) in [4.78, 5) is 67.9. The largest absolute Gasteiger partial charge is 0.465 e. The van der Waals surface area contributed by atoms with Gasteiger partial charge in [-0.2, -0.15) is 0 Å². The third-order valence-corrected chi connectivity index (χ3v) is 10.6. The minimum Gasteiger partial charge on any atom is -0.465 e. The summed E-state index contributed by atoms with van der Waals surface area (Å²) in [6, 6.07) is 11.2. The molecule has 2 aliphatic rings. The van der Waals surface area contributed by atoms with Gasteiger partial charge < -0.3 is 20.2 Å². The van der Waals surface area contributed by atoms with Crippen molar-refractivity contribution in [3.8, 4) is 33.6 Å². The van der Waals surface area contributed by atoms with Gasteiger partial charge in [-0.05, 0) is 93.3 Å². The second-order valence-electron chi connectivity index (χ2n) is 13.6. The van der Waals surface area contributed by atoms with Crippen LogP contribution in [-0.2, 0) is 9.59 Å². The maximum Gasteiger partial charge on any atom is 0.411 e. The van der Waals surface area contributed by atoms with Crippen molar-refractivity contribution in [2.24, 2.45) is 0 Å². The zero-order chi connectivity index (χ0) is 37.1. The molecule has 2 unspecified atom stereocenters. The fraction of sp³-hybridized carbons (Fsp3) is 0.421. The van der Waals surface area contributed by atoms with Crippen molar-refractivity contribution in [1.82, 2.24) is 40.4 Å². The molecule has 4 amide bonds. The number of nitrogens with zero attached hydrogens (tertiary/aromatic N) is 4. The van der Waals surface area contributed by atoms with Gasteiger partial charge in [0.1, 0.15) is 11.6 Å². The summed E-state index contributed by atoms with van der Waals surface area (Å²) in [5.41, 5.74) is 8.21. The van der Waals surface area contributed by atoms with E-state index < -0.39 is 36.1 Å². The van der Waals surface area contributed by atoms with Gasteiger partial charge in [-0.15, -0.1) is 0 Å². The lowest BCUT2D eigenvalue weighted by Crippen LogP contribution is -2.47. The molecule has 2 aromatic carbocycles. The smallest absolute Gasteiger partial charge is 0.411 e. The molecule has 4 aromatic rings. The van der Waals surface area contributed by atoms with Gasteiger partial charge in [0.2, 0.25) is 11.8 Å². The van der Waals surface area contributed by atoms with Gasteiger partial charge in [0.25, 0.3) is 0 Å². The standard InChI is InChI=1S/C38H46N8O6/c1-5-29(35(47)43-37(49)50)45-17-7-9-31(45)33-39-19-27(41-33)24-13-11-23(12-14-24)25-15-16-26(22(4)21(25)3)28-20-40-34(42-28)32-10-8-18-46(32)30(6-2)36(48)44-38(51)52/h11-16,19-20,29-32H,5-10,17-18H2,1-4H3,(H,39,41)(H,40,42)(H,43,47)(H,44,48)(H,49,50)(H,51,52)/t29-,30-,31?,32?/m0/s1. The van der Waals surface area contributed by atoms with E-state index in [1.807, 2.05) is 40.5 Å². The van der Waals surface area contributed by atoms with Gasteiger partial charge in [-0.25, -0.2) is 19.6 Å². The summed E-state index contributed by atoms with van der Waals surface area (Å²) in [5.74, 6) is 0.502. The number of hydrogen-bond acceptors (Lipinski definition) is 8. The van der Waals surface area contributed by atoms with E-state index in [0.29, 0.717) is 25.9 Å². The number of carbonyl (C=O) groups is 4. The minimum absolute atomic E-state index is 0.108. The number of benzene rings is 2. The molecule has 4 atom stereocenters. The van der Waals surface area contributed by atoms with Crippen LogP contribution >= 0.6 is 0 Å². The van der Waals surface area contributed by atoms with Crippen molar-refractivity contribution in [2.75, 3.05) is 13.1 Å². The Hall–Kier alpha value is -5.34. The molecular formula is C38H46N8O6. The number of imide groups is 2. The fourth-order valence-electron chi connectivity index (χ4n) is 7.98. The molecule has 6 rings (SSSR count). The Morgan fingerprint density at radius 3 is 1.65 bits per heavy atom. The van der Waals surface area contributed by atoms with Gasteiger partial charge in [0.05, 0.1) is 47.9 Å². The van der Waals surface area contributed by atoms with Crippen molar-refractivity contribution in [3.05, 3.63) is 71.6 Å². The van der Waals surface area contributed by atoms with Crippen LogP contribution in [-0.4, -0.2) is 89.1 Å². The Bertz CT molecular complexity index is 1950. The summed E-state index contributed by atoms with van der Waals surface area (Å²) < 4.78 is 0. The topological polar surface area (TPSA) is 197 Å². The second kappa shape index (κ2) is 15.5. The molecule has 0 bridgehead atoms. The Balaban J connectivity index is 1.17. The molecule has 2 aliphatic heterocycles. The van der Waals surface area contributed by atoms with Crippen LogP contribution in [0.15, 0.2) is 48.8 Å². The van der Waals surface area contributed by atoms with Crippen molar-refractivity contribution in [2.45, 2.75) is 90.4 Å². The zero-order valence-corrected chi connectivity index (χ0v) is 29.9. The third kappa shape index (κ3) is 7.34. The molecule has 274 valence electrons. The number of amides is 4. The van der Waals surface area contributed by atoms with Gasteiger partial charge in [-0.1, -0.05) is 50.2 Å². The summed E-state index contributed by atoms with van der Waals surface area (Å²) in [7, 11) is 0. The predicted octanol–water partition coefficient (Wildman–Crippen LogP) is 6.17. The number of hydrogen-bond donors (Lipinski definition) is 6. The lowest BCUT2D eigenvalue weighted by Gasteiger charge is -2.30. The lowest BCUT2D eigenvalue weighted by molar-refractivity contribution is -0.127. The maximum absolute atomic E-state index is 12.6. The Morgan fingerprint density at radius 2 is 1.15 bits per heavy atom. The third-order valence-electron chi connectivity index (χ3n) is 10.6. The molecule has 0 aliphatic carbocycles. The molecular weight excluding hydrogens is 664 g/mol. The highest BCUT2D eigenvalue weighted by Crippen LogP contribution is 2.37. The van der Waals surface area contributed by atoms with Gasteiger partial charge in [-0.3, -0.25) is 30.0 Å². The average Bonchev–Trinajstić information content (AvgIpc) is 3.94. The van der Waals surface area contributed by atoms with E-state index in [9.17, 15) is 19.2 Å². The van der Waals surface area contributed by atoms with E-state index in [1.165, 1.54) is 0 Å². The Kier molecular flexibility index (Phi) is 10.9. The number of carbonyl (C=O) groups excluding carboxylic acids is 2. The predicted molar refractivity (Wildman–Crippen MR) is 194 cm³/mol. The molecule has 14 nitrogen and oxygen atoms in total. The first-order chi connectivity index (χ1) is 25.0. The van der Waals surface area contributed by atoms with E-state index in [-0.39, 0.29) is 12.1 Å². The SMILES string of the molecule is CC[C@@H](C(=O)NC(=O)O)N1CCCC1c1ncc(-c2ccc(-c3ccc(-c4cnc(C5CCCN5[C@@H](CC)C(=O)NC(=O)O)[nH]4)c(C)c3C)cc2)[nH]1. The average molecular weight is 711 g/mol. The summed E-state index contributed by atoms with van der Waals surface area (Å²) in [6.45, 7) is 9.35. The number of carboxylic acid groups (broad SMARTS) is 2. The van der Waals surface area contributed by atoms with Crippen LogP contribution in [0.5, 0.6) is 0 Å². The normalized spacial score (nSPS) is 19.0. The molecule has 14 heteroatoms. The molecule has 2 aromatic heterocycles. The van der Waals surface area contributed by atoms with Crippen LogP contribution in [0.25, 0.3) is 33.6 Å². The van der Waals surface area contributed by atoms with Crippen molar-refractivity contribution in [1.29, 1.82) is 0 Å². The summed E-state index contributed by atoms with van der Waals surface area (Å²) in [6.07, 6.45) is 5.34. The minimum atomic E-state index is -1.35. The number of rotatable bonds is 11. The van der Waals surface area contributed by atoms with Gasteiger partial charge >= 0.3 is 12.2 Å². The molecule has 2 fully saturated rings. The number of aromatic amines is 2. The quantitative estimate of drug-likeness (QED) is 0.105. The highest BCUT2D eigenvalue weighted by molar-refractivity contribution is 5.94. The van der Waals surface area contributed by atoms with Crippen LogP contribution in [0.3, 0.4) is 0 Å². The number of aromatic nitrogens is 4. The highest BCUT2D eigenvalue weighted by atomic mass is 16.4. The Labute approximate surface area is 302 Å². The molecule has 52 heavy (non-hydrogen) atoms. The summed E-state index contributed by atoms with van der Waals surface area (Å²) >= 11 is 0. The van der Waals surface area contributed by atoms with Crippen LogP contribution in [0, 0.1) is 13.8 Å². The van der Waals surface area contributed by atoms with Gasteiger partial charge in [0.15, 0.2) is 0 Å². The molecule has 0 radical (unpaired) electrons. The summed E-state index contributed by atoms with van der Waals surface area (Å²) in [5, 5.41) is 22.2. The molecule has 6 N–H and O–H groups in total. The molecule has 2 saturated heterocycles. The maximum atomic E-state index is 12.6. The van der Waals surface area contributed by atoms with Crippen molar-refractivity contribution >= 4 is 24.0 Å². The number of nitrogens with one attached hydrogen (secondary N) is 4. The number of imidazole rings is 2. The van der Waals surface area contributed by atoms with E-state index >= 15 is 0 Å². The molecule has 4 heterocycles. The van der Waals surface area contributed by atoms with Crippen LogP contribution in [0.2, 0.25) is 0 Å². The second-order valence-corrected chi connectivity index (χ2v) is 13.6. The van der Waals surface area contributed by atoms with Crippen LogP contribution < -0.4 is 10.6 Å². The van der Waals surface area contributed by atoms with Crippen molar-refractivity contribution in [3.63, 3.8) is 0 Å². The fourth-order valence-corrected chi connectivity index (χ4v) is 7.98. The number of likely N-dealkylation sites (tertiary alicyclic amines) is 2. The van der Waals surface area contributed by atoms with Crippen LogP contribution in [0.1, 0.15) is 87.2 Å². The molecule has 0 saturated carbocycles. The van der Waals surface area contributed by atoms with E-state index in [0.717, 1.165) is 82.1 Å². The first kappa shape index (κ1) is 36.5. The monoisotopic (exact) mass is 710 g/mol. The van der Waals surface area contributed by atoms with Gasteiger partial charge in [0, 0.05) is 5.56 Å².